The summed E-state index contributed by atoms with van der Waals surface area (Å²) in [5.41, 5.74) is 0.678. The fourth-order valence-electron chi connectivity index (χ4n) is 3.03. The first kappa shape index (κ1) is 16.7. The molecule has 0 radical (unpaired) electrons. The number of aliphatic hydroxyl groups excluding tert-OH is 1. The number of amides is 1. The molecule has 0 aromatic carbocycles. The summed E-state index contributed by atoms with van der Waals surface area (Å²) in [5.74, 6) is 0.00180. The van der Waals surface area contributed by atoms with E-state index in [9.17, 15) is 15.0 Å². The molecule has 1 fully saturated rings. The molecule has 0 aliphatic carbocycles. The molecule has 126 valence electrons. The Morgan fingerprint density at radius 3 is 3.12 bits per heavy atom. The van der Waals surface area contributed by atoms with Crippen LogP contribution in [0, 0.1) is 0 Å². The second-order valence-corrected chi connectivity index (χ2v) is 6.88. The minimum absolute atomic E-state index is 0.0570. The molecule has 24 heavy (non-hydrogen) atoms. The van der Waals surface area contributed by atoms with Crippen LogP contribution in [0.4, 0.5) is 0 Å². The molecule has 5 nitrogen and oxygen atoms in total. The quantitative estimate of drug-likeness (QED) is 0.818. The number of nitrogens with zero attached hydrogens (tertiary/aromatic N) is 2. The van der Waals surface area contributed by atoms with Gasteiger partial charge in [-0.1, -0.05) is 6.07 Å². The van der Waals surface area contributed by atoms with Gasteiger partial charge in [-0.05, 0) is 48.4 Å². The first-order chi connectivity index (χ1) is 11.6. The van der Waals surface area contributed by atoms with Gasteiger partial charge in [-0.15, -0.1) is 11.3 Å². The lowest BCUT2D eigenvalue weighted by Gasteiger charge is -2.25. The van der Waals surface area contributed by atoms with Crippen molar-refractivity contribution in [3.63, 3.8) is 0 Å². The summed E-state index contributed by atoms with van der Waals surface area (Å²) in [4.78, 5) is 19.1. The molecule has 2 unspecified atom stereocenters. The summed E-state index contributed by atoms with van der Waals surface area (Å²) in [6.45, 7) is 0.712. The summed E-state index contributed by atoms with van der Waals surface area (Å²) in [6.07, 6.45) is 8.00. The minimum atomic E-state index is -0.525. The SMILES string of the molecule is O=C(/C=C/c1cncc(O)c1)N1CCCC1CC(O)c1cccs1. The van der Waals surface area contributed by atoms with Crippen molar-refractivity contribution in [1.82, 2.24) is 9.88 Å². The van der Waals surface area contributed by atoms with Crippen molar-refractivity contribution < 1.29 is 15.0 Å². The number of aromatic nitrogens is 1. The zero-order valence-corrected chi connectivity index (χ0v) is 14.0. The predicted molar refractivity (Wildman–Crippen MR) is 93.6 cm³/mol. The zero-order chi connectivity index (χ0) is 16.9. The van der Waals surface area contributed by atoms with E-state index in [-0.39, 0.29) is 17.7 Å². The third kappa shape index (κ3) is 4.01. The van der Waals surface area contributed by atoms with E-state index in [1.165, 1.54) is 23.6 Å². The number of hydrogen-bond acceptors (Lipinski definition) is 5. The standard InChI is InChI=1S/C18H20N2O3S/c21-15-9-13(11-19-12-15)5-6-18(23)20-7-1-3-14(20)10-16(22)17-4-2-8-24-17/h2,4-6,8-9,11-12,14,16,21-22H,1,3,7,10H2/b6-5+. The molecule has 1 aliphatic rings. The van der Waals surface area contributed by atoms with E-state index in [2.05, 4.69) is 4.98 Å². The molecule has 2 N–H and O–H groups in total. The number of pyridine rings is 1. The average Bonchev–Trinajstić information content (AvgIpc) is 3.24. The van der Waals surface area contributed by atoms with Crippen LogP contribution < -0.4 is 0 Å². The van der Waals surface area contributed by atoms with Gasteiger partial charge in [-0.3, -0.25) is 9.78 Å². The molecule has 2 aromatic heterocycles. The third-order valence-electron chi connectivity index (χ3n) is 4.19. The van der Waals surface area contributed by atoms with Gasteiger partial charge in [-0.2, -0.15) is 0 Å². The van der Waals surface area contributed by atoms with Crippen LogP contribution in [0.3, 0.4) is 0 Å². The molecule has 0 saturated carbocycles. The van der Waals surface area contributed by atoms with Crippen LogP contribution in [0.2, 0.25) is 0 Å². The van der Waals surface area contributed by atoms with Gasteiger partial charge in [0.05, 0.1) is 12.3 Å². The predicted octanol–water partition coefficient (Wildman–Crippen LogP) is 2.98. The molecular weight excluding hydrogens is 324 g/mol. The van der Waals surface area contributed by atoms with Crippen molar-refractivity contribution in [3.05, 3.63) is 52.5 Å². The highest BCUT2D eigenvalue weighted by atomic mass is 32.1. The van der Waals surface area contributed by atoms with Crippen LogP contribution >= 0.6 is 11.3 Å². The number of aliphatic hydroxyl groups is 1. The smallest absolute Gasteiger partial charge is 0.246 e. The van der Waals surface area contributed by atoms with Crippen LogP contribution in [0.25, 0.3) is 6.08 Å². The van der Waals surface area contributed by atoms with Gasteiger partial charge in [0.15, 0.2) is 0 Å². The molecule has 1 aliphatic heterocycles. The van der Waals surface area contributed by atoms with E-state index in [1.54, 1.807) is 18.3 Å². The molecule has 0 spiro atoms. The molecule has 3 rings (SSSR count). The molecule has 1 amide bonds. The minimum Gasteiger partial charge on any atom is -0.506 e. The van der Waals surface area contributed by atoms with Gasteiger partial charge in [0, 0.05) is 29.7 Å². The van der Waals surface area contributed by atoms with E-state index in [0.29, 0.717) is 18.5 Å². The van der Waals surface area contributed by atoms with Gasteiger partial charge in [0.1, 0.15) is 5.75 Å². The van der Waals surface area contributed by atoms with Crippen LogP contribution in [-0.4, -0.2) is 38.6 Å². The molecule has 1 saturated heterocycles. The Morgan fingerprint density at radius 1 is 1.50 bits per heavy atom. The van der Waals surface area contributed by atoms with Crippen LogP contribution in [0.5, 0.6) is 5.75 Å². The second kappa shape index (κ2) is 7.59. The Balaban J connectivity index is 1.63. The number of carbonyl (C=O) groups excluding carboxylic acids is 1. The van der Waals surface area contributed by atoms with E-state index < -0.39 is 6.10 Å². The van der Waals surface area contributed by atoms with Crippen molar-refractivity contribution >= 4 is 23.3 Å². The maximum atomic E-state index is 12.5. The van der Waals surface area contributed by atoms with Crippen molar-refractivity contribution in [1.29, 1.82) is 0 Å². The largest absolute Gasteiger partial charge is 0.506 e. The number of carbonyl (C=O) groups is 1. The Bertz CT molecular complexity index is 715. The summed E-state index contributed by atoms with van der Waals surface area (Å²) in [7, 11) is 0. The maximum Gasteiger partial charge on any atom is 0.246 e. The topological polar surface area (TPSA) is 73.7 Å². The summed E-state index contributed by atoms with van der Waals surface area (Å²) < 4.78 is 0. The second-order valence-electron chi connectivity index (χ2n) is 5.90. The van der Waals surface area contributed by atoms with Gasteiger partial charge >= 0.3 is 0 Å². The number of aromatic hydroxyl groups is 1. The zero-order valence-electron chi connectivity index (χ0n) is 13.2. The molecular formula is C18H20N2O3S. The lowest BCUT2D eigenvalue weighted by molar-refractivity contribution is -0.127. The van der Waals surface area contributed by atoms with Crippen molar-refractivity contribution in [2.75, 3.05) is 6.54 Å². The lowest BCUT2D eigenvalue weighted by atomic mass is 10.1. The van der Waals surface area contributed by atoms with Crippen LogP contribution in [-0.2, 0) is 4.79 Å². The van der Waals surface area contributed by atoms with Gasteiger partial charge in [0.2, 0.25) is 5.91 Å². The normalized spacial score (nSPS) is 19.0. The highest BCUT2D eigenvalue weighted by molar-refractivity contribution is 7.10. The summed E-state index contributed by atoms with van der Waals surface area (Å²) in [5, 5.41) is 21.7. The van der Waals surface area contributed by atoms with Crippen molar-refractivity contribution in [2.45, 2.75) is 31.4 Å². The van der Waals surface area contributed by atoms with Gasteiger partial charge in [-0.25, -0.2) is 0 Å². The Labute approximate surface area is 144 Å². The molecule has 2 aromatic rings. The Hall–Kier alpha value is -2.18. The molecule has 2 atom stereocenters. The molecule has 0 bridgehead atoms. The van der Waals surface area contributed by atoms with Crippen molar-refractivity contribution in [2.24, 2.45) is 0 Å². The molecule has 6 heteroatoms. The van der Waals surface area contributed by atoms with Gasteiger partial charge < -0.3 is 15.1 Å². The van der Waals surface area contributed by atoms with E-state index in [4.69, 9.17) is 0 Å². The fourth-order valence-corrected chi connectivity index (χ4v) is 3.75. The molecule has 3 heterocycles. The first-order valence-electron chi connectivity index (χ1n) is 7.97. The highest BCUT2D eigenvalue weighted by Gasteiger charge is 2.29. The number of thiophene rings is 1. The Morgan fingerprint density at radius 2 is 2.38 bits per heavy atom. The first-order valence-corrected chi connectivity index (χ1v) is 8.85. The monoisotopic (exact) mass is 344 g/mol. The van der Waals surface area contributed by atoms with Crippen molar-refractivity contribution in [3.8, 4) is 5.75 Å². The summed E-state index contributed by atoms with van der Waals surface area (Å²) in [6, 6.07) is 5.46. The number of likely N-dealkylation sites (tertiary alicyclic amines) is 1. The van der Waals surface area contributed by atoms with Crippen LogP contribution in [0.15, 0.2) is 42.0 Å². The summed E-state index contributed by atoms with van der Waals surface area (Å²) >= 11 is 1.53. The average molecular weight is 344 g/mol. The third-order valence-corrected chi connectivity index (χ3v) is 5.16. The highest BCUT2D eigenvalue weighted by Crippen LogP contribution is 2.29. The fraction of sp³-hybridized carbons (Fsp3) is 0.333. The maximum absolute atomic E-state index is 12.5. The van der Waals surface area contributed by atoms with E-state index >= 15 is 0 Å². The van der Waals surface area contributed by atoms with E-state index in [0.717, 1.165) is 17.7 Å². The lowest BCUT2D eigenvalue weighted by Crippen LogP contribution is -2.35. The van der Waals surface area contributed by atoms with Crippen LogP contribution in [0.1, 0.15) is 35.8 Å². The van der Waals surface area contributed by atoms with Gasteiger partial charge in [0.25, 0.3) is 0 Å². The Kier molecular flexibility index (Phi) is 5.27. The van der Waals surface area contributed by atoms with E-state index in [1.807, 2.05) is 22.4 Å². The number of hydrogen-bond donors (Lipinski definition) is 2. The number of rotatable bonds is 5.